The van der Waals surface area contributed by atoms with Crippen LogP contribution in [0.4, 0.5) is 10.2 Å². The first-order valence-corrected chi connectivity index (χ1v) is 11.7. The fourth-order valence-corrected chi connectivity index (χ4v) is 5.48. The van der Waals surface area contributed by atoms with Crippen LogP contribution in [0, 0.1) is 5.82 Å². The quantitative estimate of drug-likeness (QED) is 0.742. The third-order valence-corrected chi connectivity index (χ3v) is 7.53. The molecule has 1 aromatic carbocycles. The van der Waals surface area contributed by atoms with E-state index >= 15 is 0 Å². The molecule has 1 aromatic heterocycles. The van der Waals surface area contributed by atoms with Gasteiger partial charge in [0.2, 0.25) is 10.0 Å². The van der Waals surface area contributed by atoms with Gasteiger partial charge in [-0.3, -0.25) is 4.79 Å². The lowest BCUT2D eigenvalue weighted by Crippen LogP contribution is -2.38. The lowest BCUT2D eigenvalue weighted by molar-refractivity contribution is 0.0764. The van der Waals surface area contributed by atoms with E-state index in [0.29, 0.717) is 37.4 Å². The molecule has 0 radical (unpaired) electrons. The summed E-state index contributed by atoms with van der Waals surface area (Å²) in [5, 5.41) is 0. The predicted octanol–water partition coefficient (Wildman–Crippen LogP) is 2.36. The molecule has 0 bridgehead atoms. The van der Waals surface area contributed by atoms with Crippen molar-refractivity contribution in [2.45, 2.75) is 24.2 Å². The Morgan fingerprint density at radius 3 is 2.37 bits per heavy atom. The van der Waals surface area contributed by atoms with E-state index in [4.69, 9.17) is 0 Å². The monoisotopic (exact) mass is 432 g/mol. The van der Waals surface area contributed by atoms with E-state index in [1.807, 2.05) is 0 Å². The predicted molar refractivity (Wildman–Crippen MR) is 111 cm³/mol. The van der Waals surface area contributed by atoms with Crippen molar-refractivity contribution in [1.29, 1.82) is 0 Å². The molecule has 0 saturated carbocycles. The minimum atomic E-state index is -3.73. The highest BCUT2D eigenvalue weighted by atomic mass is 32.2. The summed E-state index contributed by atoms with van der Waals surface area (Å²) in [4.78, 5) is 21.6. The number of anilines is 1. The number of carbonyl (C=O) groups excluding carboxylic acids is 1. The molecule has 0 N–H and O–H groups in total. The fraction of sp³-hybridized carbons (Fsp3) is 0.429. The van der Waals surface area contributed by atoms with Crippen molar-refractivity contribution in [2.75, 3.05) is 44.2 Å². The Labute approximate surface area is 176 Å². The van der Waals surface area contributed by atoms with Crippen LogP contribution in [0.5, 0.6) is 0 Å². The van der Waals surface area contributed by atoms with Gasteiger partial charge in [0.25, 0.3) is 5.91 Å². The third-order valence-electron chi connectivity index (χ3n) is 5.62. The normalized spacial score (nSPS) is 18.4. The number of pyridine rings is 1. The molecule has 7 nitrogen and oxygen atoms in total. The Balaban J connectivity index is 1.50. The molecule has 0 spiro atoms. The molecule has 30 heavy (non-hydrogen) atoms. The Morgan fingerprint density at radius 2 is 1.63 bits per heavy atom. The number of aromatic nitrogens is 1. The molecule has 9 heteroatoms. The highest BCUT2D eigenvalue weighted by Crippen LogP contribution is 2.24. The van der Waals surface area contributed by atoms with Crippen LogP contribution >= 0.6 is 0 Å². The third kappa shape index (κ3) is 4.17. The number of hydrogen-bond acceptors (Lipinski definition) is 5. The van der Waals surface area contributed by atoms with Gasteiger partial charge >= 0.3 is 0 Å². The highest BCUT2D eigenvalue weighted by molar-refractivity contribution is 7.89. The number of nitrogens with zero attached hydrogens (tertiary/aromatic N) is 4. The molecule has 0 atom stereocenters. The van der Waals surface area contributed by atoms with Crippen LogP contribution < -0.4 is 4.90 Å². The largest absolute Gasteiger partial charge is 0.356 e. The van der Waals surface area contributed by atoms with Gasteiger partial charge in [-0.2, -0.15) is 4.31 Å². The smallest absolute Gasteiger partial charge is 0.257 e. The maximum absolute atomic E-state index is 13.2. The number of rotatable bonds is 4. The summed E-state index contributed by atoms with van der Waals surface area (Å²) in [5.74, 6) is 0.109. The summed E-state index contributed by atoms with van der Waals surface area (Å²) in [6.45, 7) is 3.07. The first-order valence-electron chi connectivity index (χ1n) is 10.2. The molecule has 2 aliphatic rings. The molecule has 3 heterocycles. The number of sulfonamides is 1. The van der Waals surface area contributed by atoms with Crippen LogP contribution in [0.3, 0.4) is 0 Å². The van der Waals surface area contributed by atoms with Gasteiger partial charge in [-0.25, -0.2) is 17.8 Å². The molecule has 2 fully saturated rings. The van der Waals surface area contributed by atoms with Gasteiger partial charge < -0.3 is 9.80 Å². The summed E-state index contributed by atoms with van der Waals surface area (Å²) in [7, 11) is -3.73. The van der Waals surface area contributed by atoms with E-state index in [2.05, 4.69) is 9.88 Å². The van der Waals surface area contributed by atoms with Crippen LogP contribution in [-0.2, 0) is 10.0 Å². The molecule has 2 saturated heterocycles. The van der Waals surface area contributed by atoms with E-state index in [0.717, 1.165) is 38.1 Å². The average Bonchev–Trinajstić information content (AvgIpc) is 3.17. The standard InChI is InChI=1S/C21H25FN4O3S/c22-17-6-8-18(9-7-17)30(28,29)26-14-4-13-25(15-16-26)21(27)19-5-3-10-23-20(19)24-11-1-2-12-24/h3,5-10H,1-2,4,11-16H2. The lowest BCUT2D eigenvalue weighted by Gasteiger charge is -2.25. The Morgan fingerprint density at radius 1 is 0.900 bits per heavy atom. The summed E-state index contributed by atoms with van der Waals surface area (Å²) in [6.07, 6.45) is 4.41. The summed E-state index contributed by atoms with van der Waals surface area (Å²) in [5.41, 5.74) is 0.564. The van der Waals surface area contributed by atoms with Crippen LogP contribution in [-0.4, -0.2) is 67.8 Å². The molecule has 1 amide bonds. The van der Waals surface area contributed by atoms with E-state index < -0.39 is 15.8 Å². The van der Waals surface area contributed by atoms with E-state index in [9.17, 15) is 17.6 Å². The molecule has 4 rings (SSSR count). The molecule has 2 aromatic rings. The van der Waals surface area contributed by atoms with Gasteiger partial charge in [0.1, 0.15) is 11.6 Å². The molecule has 160 valence electrons. The molecule has 0 aliphatic carbocycles. The van der Waals surface area contributed by atoms with Crippen LogP contribution in [0.15, 0.2) is 47.5 Å². The van der Waals surface area contributed by atoms with Crippen molar-refractivity contribution in [3.8, 4) is 0 Å². The second kappa shape index (κ2) is 8.69. The average molecular weight is 433 g/mol. The van der Waals surface area contributed by atoms with Crippen LogP contribution in [0.2, 0.25) is 0 Å². The minimum Gasteiger partial charge on any atom is -0.356 e. The molecular weight excluding hydrogens is 407 g/mol. The number of halogens is 1. The van der Waals surface area contributed by atoms with Gasteiger partial charge in [-0.1, -0.05) is 0 Å². The Hall–Kier alpha value is -2.52. The number of carbonyl (C=O) groups is 1. The van der Waals surface area contributed by atoms with Gasteiger partial charge in [0, 0.05) is 45.5 Å². The highest BCUT2D eigenvalue weighted by Gasteiger charge is 2.30. The van der Waals surface area contributed by atoms with Gasteiger partial charge in [0.15, 0.2) is 0 Å². The topological polar surface area (TPSA) is 73.8 Å². The lowest BCUT2D eigenvalue weighted by atomic mass is 10.2. The second-order valence-electron chi connectivity index (χ2n) is 7.57. The van der Waals surface area contributed by atoms with Crippen LogP contribution in [0.1, 0.15) is 29.6 Å². The summed E-state index contributed by atoms with van der Waals surface area (Å²) >= 11 is 0. The number of hydrogen-bond donors (Lipinski definition) is 0. The Kier molecular flexibility index (Phi) is 6.01. The molecule has 0 unspecified atom stereocenters. The maximum Gasteiger partial charge on any atom is 0.257 e. The number of benzene rings is 1. The van der Waals surface area contributed by atoms with Crippen LogP contribution in [0.25, 0.3) is 0 Å². The van der Waals surface area contributed by atoms with Crippen molar-refractivity contribution in [3.63, 3.8) is 0 Å². The van der Waals surface area contributed by atoms with Gasteiger partial charge in [0.05, 0.1) is 10.5 Å². The van der Waals surface area contributed by atoms with Crippen molar-refractivity contribution >= 4 is 21.7 Å². The maximum atomic E-state index is 13.2. The number of amides is 1. The zero-order valence-corrected chi connectivity index (χ0v) is 17.5. The van der Waals surface area contributed by atoms with Crippen molar-refractivity contribution < 1.29 is 17.6 Å². The van der Waals surface area contributed by atoms with Crippen molar-refractivity contribution in [2.24, 2.45) is 0 Å². The molecule has 2 aliphatic heterocycles. The van der Waals surface area contributed by atoms with E-state index in [-0.39, 0.29) is 17.3 Å². The fourth-order valence-electron chi connectivity index (χ4n) is 4.01. The SMILES string of the molecule is O=C(c1cccnc1N1CCCC1)N1CCCN(S(=O)(=O)c2ccc(F)cc2)CC1. The van der Waals surface area contributed by atoms with E-state index in [1.54, 1.807) is 23.2 Å². The second-order valence-corrected chi connectivity index (χ2v) is 9.51. The first-order chi connectivity index (χ1) is 14.5. The summed E-state index contributed by atoms with van der Waals surface area (Å²) < 4.78 is 40.4. The first kappa shape index (κ1) is 20.7. The van der Waals surface area contributed by atoms with Gasteiger partial charge in [-0.15, -0.1) is 0 Å². The Bertz CT molecular complexity index is 1010. The van der Waals surface area contributed by atoms with Crippen molar-refractivity contribution in [3.05, 3.63) is 54.0 Å². The molecular formula is C21H25FN4O3S. The zero-order valence-electron chi connectivity index (χ0n) is 16.7. The van der Waals surface area contributed by atoms with Crippen molar-refractivity contribution in [1.82, 2.24) is 14.2 Å². The zero-order chi connectivity index (χ0) is 21.1. The van der Waals surface area contributed by atoms with Gasteiger partial charge in [-0.05, 0) is 55.7 Å². The minimum absolute atomic E-state index is 0.0623. The summed E-state index contributed by atoms with van der Waals surface area (Å²) in [6, 6.07) is 8.38. The van der Waals surface area contributed by atoms with E-state index in [1.165, 1.54) is 16.4 Å².